The average Bonchev–Trinajstić information content (AvgIpc) is 2.49. The summed E-state index contributed by atoms with van der Waals surface area (Å²) in [4.78, 5) is 19.7. The summed E-state index contributed by atoms with van der Waals surface area (Å²) in [5, 5.41) is 0. The van der Waals surface area contributed by atoms with Crippen molar-refractivity contribution in [3.63, 3.8) is 0 Å². The fourth-order valence-electron chi connectivity index (χ4n) is 3.96. The summed E-state index contributed by atoms with van der Waals surface area (Å²) < 4.78 is 0. The molecule has 23 heavy (non-hydrogen) atoms. The molecule has 4 heteroatoms. The van der Waals surface area contributed by atoms with Crippen LogP contribution in [0.5, 0.6) is 0 Å². The molecule has 0 atom stereocenters. The number of carbonyl (C=O) groups is 1. The molecule has 0 aromatic rings. The topological polar surface area (TPSA) is 26.8 Å². The van der Waals surface area contributed by atoms with Crippen molar-refractivity contribution in [2.24, 2.45) is 17.8 Å². The van der Waals surface area contributed by atoms with Crippen molar-refractivity contribution < 1.29 is 4.79 Å². The third-order valence-electron chi connectivity index (χ3n) is 5.14. The lowest BCUT2D eigenvalue weighted by Gasteiger charge is -2.37. The first kappa shape index (κ1) is 18.7. The van der Waals surface area contributed by atoms with Gasteiger partial charge in [-0.1, -0.05) is 27.7 Å². The zero-order valence-corrected chi connectivity index (χ0v) is 15.8. The Balaban J connectivity index is 1.66. The molecule has 2 aliphatic rings. The SMILES string of the molecule is CC(C)CN1CCC(CC(=O)N2CCN(CC(C)C)CC2)CC1. The third-order valence-corrected chi connectivity index (χ3v) is 5.14. The van der Waals surface area contributed by atoms with Gasteiger partial charge in [-0.3, -0.25) is 9.69 Å². The summed E-state index contributed by atoms with van der Waals surface area (Å²) in [6.07, 6.45) is 3.18. The van der Waals surface area contributed by atoms with Crippen LogP contribution in [0.3, 0.4) is 0 Å². The standard InChI is InChI=1S/C19H37N3O/c1-16(2)14-20-7-5-18(6-8-20)13-19(23)22-11-9-21(10-12-22)15-17(3)4/h16-18H,5-15H2,1-4H3. The minimum Gasteiger partial charge on any atom is -0.340 e. The maximum atomic E-state index is 12.5. The van der Waals surface area contributed by atoms with Gasteiger partial charge in [-0.05, 0) is 43.7 Å². The number of hydrogen-bond donors (Lipinski definition) is 0. The number of piperazine rings is 1. The fourth-order valence-corrected chi connectivity index (χ4v) is 3.96. The van der Waals surface area contributed by atoms with Gasteiger partial charge in [0.1, 0.15) is 0 Å². The van der Waals surface area contributed by atoms with E-state index in [9.17, 15) is 4.79 Å². The number of likely N-dealkylation sites (tertiary alicyclic amines) is 1. The molecular formula is C19H37N3O. The minimum absolute atomic E-state index is 0.400. The molecule has 4 nitrogen and oxygen atoms in total. The van der Waals surface area contributed by atoms with Gasteiger partial charge in [0.2, 0.25) is 5.91 Å². The monoisotopic (exact) mass is 323 g/mol. The zero-order chi connectivity index (χ0) is 16.8. The lowest BCUT2D eigenvalue weighted by molar-refractivity contribution is -0.134. The van der Waals surface area contributed by atoms with Crippen LogP contribution in [0.25, 0.3) is 0 Å². The van der Waals surface area contributed by atoms with Crippen LogP contribution in [-0.2, 0) is 4.79 Å². The number of piperidine rings is 1. The maximum absolute atomic E-state index is 12.5. The molecule has 0 unspecified atom stereocenters. The molecule has 0 N–H and O–H groups in total. The van der Waals surface area contributed by atoms with Crippen LogP contribution < -0.4 is 0 Å². The second-order valence-electron chi connectivity index (χ2n) is 8.42. The van der Waals surface area contributed by atoms with E-state index < -0.39 is 0 Å². The van der Waals surface area contributed by atoms with Gasteiger partial charge in [0, 0.05) is 45.7 Å². The number of nitrogens with zero attached hydrogens (tertiary/aromatic N) is 3. The van der Waals surface area contributed by atoms with Crippen LogP contribution in [0.15, 0.2) is 0 Å². The second kappa shape index (κ2) is 9.03. The van der Waals surface area contributed by atoms with Crippen molar-refractivity contribution in [3.8, 4) is 0 Å². The molecule has 134 valence electrons. The zero-order valence-electron chi connectivity index (χ0n) is 15.8. The Morgan fingerprint density at radius 3 is 1.78 bits per heavy atom. The van der Waals surface area contributed by atoms with Crippen LogP contribution in [0.1, 0.15) is 47.0 Å². The Kier molecular flexibility index (Phi) is 7.35. The highest BCUT2D eigenvalue weighted by Gasteiger charge is 2.26. The molecule has 0 aromatic carbocycles. The predicted octanol–water partition coefficient (Wildman–Crippen LogP) is 2.54. The molecule has 0 aromatic heterocycles. The summed E-state index contributed by atoms with van der Waals surface area (Å²) in [7, 11) is 0. The van der Waals surface area contributed by atoms with E-state index in [0.717, 1.165) is 45.1 Å². The van der Waals surface area contributed by atoms with Crippen molar-refractivity contribution in [3.05, 3.63) is 0 Å². The minimum atomic E-state index is 0.400. The molecule has 0 spiro atoms. The fraction of sp³-hybridized carbons (Fsp3) is 0.947. The Hall–Kier alpha value is -0.610. The van der Waals surface area contributed by atoms with Crippen LogP contribution in [0.4, 0.5) is 0 Å². The number of rotatable bonds is 6. The quantitative estimate of drug-likeness (QED) is 0.751. The van der Waals surface area contributed by atoms with Crippen LogP contribution >= 0.6 is 0 Å². The number of amides is 1. The molecule has 0 radical (unpaired) electrons. The predicted molar refractivity (Wildman–Crippen MR) is 96.5 cm³/mol. The summed E-state index contributed by atoms with van der Waals surface area (Å²) in [6, 6.07) is 0. The second-order valence-corrected chi connectivity index (χ2v) is 8.42. The van der Waals surface area contributed by atoms with Crippen LogP contribution in [-0.4, -0.2) is 73.0 Å². The molecule has 2 rings (SSSR count). The summed E-state index contributed by atoms with van der Waals surface area (Å²) in [5.74, 6) is 2.47. The first-order valence-corrected chi connectivity index (χ1v) is 9.66. The normalized spacial score (nSPS) is 22.3. The van der Waals surface area contributed by atoms with Crippen LogP contribution in [0.2, 0.25) is 0 Å². The highest BCUT2D eigenvalue weighted by molar-refractivity contribution is 5.76. The summed E-state index contributed by atoms with van der Waals surface area (Å²) in [6.45, 7) is 17.8. The van der Waals surface area contributed by atoms with Gasteiger partial charge in [-0.2, -0.15) is 0 Å². The summed E-state index contributed by atoms with van der Waals surface area (Å²) in [5.41, 5.74) is 0. The van der Waals surface area contributed by atoms with Crippen molar-refractivity contribution in [2.75, 3.05) is 52.4 Å². The van der Waals surface area contributed by atoms with Gasteiger partial charge >= 0.3 is 0 Å². The van der Waals surface area contributed by atoms with E-state index in [1.807, 2.05) is 0 Å². The van der Waals surface area contributed by atoms with Crippen LogP contribution in [0, 0.1) is 17.8 Å². The van der Waals surface area contributed by atoms with Crippen molar-refractivity contribution in [1.82, 2.24) is 14.7 Å². The Morgan fingerprint density at radius 1 is 0.826 bits per heavy atom. The van der Waals surface area contributed by atoms with Gasteiger partial charge in [0.25, 0.3) is 0 Å². The molecular weight excluding hydrogens is 286 g/mol. The number of carbonyl (C=O) groups excluding carboxylic acids is 1. The van der Waals surface area contributed by atoms with Gasteiger partial charge in [-0.25, -0.2) is 0 Å². The maximum Gasteiger partial charge on any atom is 0.222 e. The van der Waals surface area contributed by atoms with Gasteiger partial charge in [-0.15, -0.1) is 0 Å². The van der Waals surface area contributed by atoms with Gasteiger partial charge in [0.15, 0.2) is 0 Å². The molecule has 2 aliphatic heterocycles. The molecule has 0 bridgehead atoms. The van der Waals surface area contributed by atoms with Crippen molar-refractivity contribution >= 4 is 5.91 Å². The Bertz CT molecular complexity index is 354. The first-order chi connectivity index (χ1) is 10.9. The molecule has 2 fully saturated rings. The van der Waals surface area contributed by atoms with E-state index in [0.29, 0.717) is 17.7 Å². The van der Waals surface area contributed by atoms with E-state index >= 15 is 0 Å². The lowest BCUT2D eigenvalue weighted by atomic mass is 9.92. The van der Waals surface area contributed by atoms with E-state index in [-0.39, 0.29) is 0 Å². The Morgan fingerprint density at radius 2 is 1.30 bits per heavy atom. The highest BCUT2D eigenvalue weighted by atomic mass is 16.2. The van der Waals surface area contributed by atoms with Crippen molar-refractivity contribution in [2.45, 2.75) is 47.0 Å². The van der Waals surface area contributed by atoms with Gasteiger partial charge in [0.05, 0.1) is 0 Å². The summed E-state index contributed by atoms with van der Waals surface area (Å²) >= 11 is 0. The molecule has 2 heterocycles. The third kappa shape index (κ3) is 6.42. The smallest absolute Gasteiger partial charge is 0.222 e. The average molecular weight is 324 g/mol. The first-order valence-electron chi connectivity index (χ1n) is 9.66. The lowest BCUT2D eigenvalue weighted by Crippen LogP contribution is -2.50. The van der Waals surface area contributed by atoms with E-state index in [4.69, 9.17) is 0 Å². The Labute approximate surface area is 143 Å². The van der Waals surface area contributed by atoms with E-state index in [2.05, 4.69) is 42.4 Å². The van der Waals surface area contributed by atoms with Gasteiger partial charge < -0.3 is 9.80 Å². The van der Waals surface area contributed by atoms with Crippen molar-refractivity contribution in [1.29, 1.82) is 0 Å². The van der Waals surface area contributed by atoms with E-state index in [1.54, 1.807) is 0 Å². The largest absolute Gasteiger partial charge is 0.340 e. The number of hydrogen-bond acceptors (Lipinski definition) is 3. The molecule has 0 saturated carbocycles. The molecule has 2 saturated heterocycles. The molecule has 1 amide bonds. The highest BCUT2D eigenvalue weighted by Crippen LogP contribution is 2.22. The molecule has 0 aliphatic carbocycles. The van der Waals surface area contributed by atoms with E-state index in [1.165, 1.54) is 32.5 Å².